The fraction of sp³-hybridized carbons (Fsp3) is 0.136. The van der Waals surface area contributed by atoms with Gasteiger partial charge in [0.25, 0.3) is 0 Å². The molecule has 0 spiro atoms. The molecule has 1 N–H and O–H groups in total. The van der Waals surface area contributed by atoms with Crippen LogP contribution < -0.4 is 4.74 Å². The summed E-state index contributed by atoms with van der Waals surface area (Å²) in [6.45, 7) is 1.94. The first-order valence-corrected chi connectivity index (χ1v) is 9.41. The largest absolute Gasteiger partial charge is 0.486 e. The minimum absolute atomic E-state index is 0.330. The van der Waals surface area contributed by atoms with Crippen LogP contribution in [0.15, 0.2) is 55.1 Å². The van der Waals surface area contributed by atoms with E-state index in [2.05, 4.69) is 31.3 Å². The van der Waals surface area contributed by atoms with E-state index in [1.807, 2.05) is 38.4 Å². The lowest BCUT2D eigenvalue weighted by atomic mass is 10.0. The third kappa shape index (κ3) is 3.02. The van der Waals surface area contributed by atoms with E-state index >= 15 is 0 Å². The smallest absolute Gasteiger partial charge is 0.123 e. The summed E-state index contributed by atoms with van der Waals surface area (Å²) in [5, 5.41) is 22.0. The van der Waals surface area contributed by atoms with Gasteiger partial charge in [0.2, 0.25) is 0 Å². The van der Waals surface area contributed by atoms with E-state index in [1.165, 1.54) is 0 Å². The third-order valence-corrected chi connectivity index (χ3v) is 5.00. The van der Waals surface area contributed by atoms with Crippen LogP contribution in [0, 0.1) is 11.3 Å². The highest BCUT2D eigenvalue weighted by Gasteiger charge is 2.16. The van der Waals surface area contributed by atoms with Gasteiger partial charge in [-0.05, 0) is 37.3 Å². The number of hydrogen-bond donors (Lipinski definition) is 1. The van der Waals surface area contributed by atoms with Crippen molar-refractivity contribution in [1.29, 1.82) is 5.26 Å². The van der Waals surface area contributed by atoms with Crippen LogP contribution in [0.5, 0.6) is 5.75 Å². The number of aromatic nitrogens is 6. The second-order valence-corrected chi connectivity index (χ2v) is 7.04. The molecule has 0 saturated heterocycles. The number of hydrogen-bond acceptors (Lipinski definition) is 6. The van der Waals surface area contributed by atoms with Crippen molar-refractivity contribution < 1.29 is 4.74 Å². The molecule has 5 aromatic rings. The first-order valence-electron chi connectivity index (χ1n) is 9.41. The van der Waals surface area contributed by atoms with Crippen molar-refractivity contribution in [1.82, 2.24) is 29.9 Å². The van der Waals surface area contributed by atoms with E-state index in [4.69, 9.17) is 4.74 Å². The summed E-state index contributed by atoms with van der Waals surface area (Å²) >= 11 is 0. The molecule has 0 aliphatic heterocycles. The highest BCUT2D eigenvalue weighted by Crippen LogP contribution is 2.32. The summed E-state index contributed by atoms with van der Waals surface area (Å²) < 4.78 is 7.98. The number of benzene rings is 2. The molecule has 0 aliphatic carbocycles. The van der Waals surface area contributed by atoms with Gasteiger partial charge in [-0.15, -0.1) is 0 Å². The van der Waals surface area contributed by atoms with E-state index in [0.717, 1.165) is 33.2 Å². The van der Waals surface area contributed by atoms with Gasteiger partial charge in [0.05, 0.1) is 34.4 Å². The predicted molar refractivity (Wildman–Crippen MR) is 112 cm³/mol. The number of aromatic amines is 1. The molecule has 8 heteroatoms. The normalized spacial score (nSPS) is 12.2. The molecule has 0 aliphatic rings. The van der Waals surface area contributed by atoms with Crippen LogP contribution in [0.4, 0.5) is 0 Å². The number of ether oxygens (including phenoxy) is 1. The molecule has 0 fully saturated rings. The Bertz CT molecular complexity index is 1430. The summed E-state index contributed by atoms with van der Waals surface area (Å²) in [7, 11) is 1.87. The summed E-state index contributed by atoms with van der Waals surface area (Å²) in [6, 6.07) is 11.5. The zero-order chi connectivity index (χ0) is 20.7. The standard InChI is InChI=1S/C22H17N7O/c1-13(17-7-14(10-23)8-20-22(17)25-6-5-24-20)30-16-3-4-19-18(9-16)21(28-27-19)15-11-26-29(2)12-15/h3-9,11-13H,1-2H3,(H,27,28). The van der Waals surface area contributed by atoms with Crippen LogP contribution >= 0.6 is 0 Å². The number of H-pyrrole nitrogens is 1. The molecule has 1 atom stereocenters. The van der Waals surface area contributed by atoms with Crippen molar-refractivity contribution >= 4 is 21.9 Å². The second kappa shape index (κ2) is 6.97. The number of nitrogens with one attached hydrogen (secondary N) is 1. The van der Waals surface area contributed by atoms with Gasteiger partial charge in [-0.2, -0.15) is 15.5 Å². The highest BCUT2D eigenvalue weighted by atomic mass is 16.5. The van der Waals surface area contributed by atoms with Gasteiger partial charge in [0.15, 0.2) is 0 Å². The minimum Gasteiger partial charge on any atom is -0.486 e. The Hall–Kier alpha value is -4.25. The molecule has 3 heterocycles. The van der Waals surface area contributed by atoms with E-state index in [0.29, 0.717) is 16.8 Å². The van der Waals surface area contributed by atoms with Gasteiger partial charge in [0.1, 0.15) is 17.5 Å². The van der Waals surface area contributed by atoms with Crippen molar-refractivity contribution in [2.75, 3.05) is 0 Å². The van der Waals surface area contributed by atoms with Crippen LogP contribution in [-0.4, -0.2) is 29.9 Å². The fourth-order valence-corrected chi connectivity index (χ4v) is 3.57. The zero-order valence-electron chi connectivity index (χ0n) is 16.4. The average Bonchev–Trinajstić information content (AvgIpc) is 3.38. The van der Waals surface area contributed by atoms with Crippen LogP contribution in [0.3, 0.4) is 0 Å². The molecular weight excluding hydrogens is 378 g/mol. The molecule has 1 unspecified atom stereocenters. The van der Waals surface area contributed by atoms with Crippen molar-refractivity contribution in [3.8, 4) is 23.1 Å². The molecule has 5 rings (SSSR count). The van der Waals surface area contributed by atoms with Gasteiger partial charge in [0, 0.05) is 42.2 Å². The second-order valence-electron chi connectivity index (χ2n) is 7.04. The first-order chi connectivity index (χ1) is 14.6. The first kappa shape index (κ1) is 17.8. The van der Waals surface area contributed by atoms with Crippen LogP contribution in [-0.2, 0) is 7.05 Å². The molecule has 0 radical (unpaired) electrons. The molecule has 2 aromatic carbocycles. The molecule has 0 amide bonds. The van der Waals surface area contributed by atoms with E-state index in [1.54, 1.807) is 35.4 Å². The lowest BCUT2D eigenvalue weighted by Gasteiger charge is -2.17. The summed E-state index contributed by atoms with van der Waals surface area (Å²) in [4.78, 5) is 8.77. The molecular formula is C22H17N7O. The Balaban J connectivity index is 1.53. The summed E-state index contributed by atoms with van der Waals surface area (Å²) in [5.74, 6) is 0.695. The van der Waals surface area contributed by atoms with E-state index in [-0.39, 0.29) is 6.10 Å². The van der Waals surface area contributed by atoms with Crippen LogP contribution in [0.2, 0.25) is 0 Å². The molecule has 0 bridgehead atoms. The van der Waals surface area contributed by atoms with Gasteiger partial charge in [-0.1, -0.05) is 0 Å². The molecule has 3 aromatic heterocycles. The Morgan fingerprint density at radius 1 is 1.17 bits per heavy atom. The summed E-state index contributed by atoms with van der Waals surface area (Å²) in [6.07, 6.45) is 6.63. The van der Waals surface area contributed by atoms with E-state index < -0.39 is 0 Å². The Labute approximate surface area is 171 Å². The maximum atomic E-state index is 9.37. The molecule has 0 saturated carbocycles. The Kier molecular flexibility index (Phi) is 4.14. The van der Waals surface area contributed by atoms with Crippen LogP contribution in [0.25, 0.3) is 33.2 Å². The van der Waals surface area contributed by atoms with Gasteiger partial charge < -0.3 is 4.74 Å². The molecule has 146 valence electrons. The Morgan fingerprint density at radius 3 is 2.83 bits per heavy atom. The van der Waals surface area contributed by atoms with Crippen LogP contribution in [0.1, 0.15) is 24.2 Å². The van der Waals surface area contributed by atoms with Gasteiger partial charge >= 0.3 is 0 Å². The average molecular weight is 395 g/mol. The topological polar surface area (TPSA) is 105 Å². The maximum absolute atomic E-state index is 9.37. The predicted octanol–water partition coefficient (Wildman–Crippen LogP) is 3.92. The van der Waals surface area contributed by atoms with Crippen molar-refractivity contribution in [2.24, 2.45) is 7.05 Å². The molecule has 30 heavy (non-hydrogen) atoms. The van der Waals surface area contributed by atoms with Gasteiger partial charge in [-0.3, -0.25) is 19.7 Å². The third-order valence-electron chi connectivity index (χ3n) is 5.00. The number of nitriles is 1. The number of rotatable bonds is 4. The maximum Gasteiger partial charge on any atom is 0.123 e. The Morgan fingerprint density at radius 2 is 2.03 bits per heavy atom. The highest BCUT2D eigenvalue weighted by molar-refractivity contribution is 5.93. The number of nitrogens with zero attached hydrogens (tertiary/aromatic N) is 6. The lowest BCUT2D eigenvalue weighted by molar-refractivity contribution is 0.228. The van der Waals surface area contributed by atoms with Crippen molar-refractivity contribution in [2.45, 2.75) is 13.0 Å². The number of aryl methyl sites for hydroxylation is 1. The monoisotopic (exact) mass is 395 g/mol. The quantitative estimate of drug-likeness (QED) is 0.494. The van der Waals surface area contributed by atoms with Gasteiger partial charge in [-0.25, -0.2) is 0 Å². The molecule has 8 nitrogen and oxygen atoms in total. The minimum atomic E-state index is -0.330. The fourth-order valence-electron chi connectivity index (χ4n) is 3.57. The van der Waals surface area contributed by atoms with E-state index in [9.17, 15) is 5.26 Å². The summed E-state index contributed by atoms with van der Waals surface area (Å²) in [5.41, 5.74) is 5.40. The number of fused-ring (bicyclic) bond motifs is 2. The SMILES string of the molecule is CC(Oc1ccc2[nH]nc(-c3cnn(C)c3)c2c1)c1cc(C#N)cc2nccnc12. The van der Waals surface area contributed by atoms with Crippen molar-refractivity contribution in [3.63, 3.8) is 0 Å². The van der Waals surface area contributed by atoms with Crippen molar-refractivity contribution in [3.05, 3.63) is 66.2 Å². The zero-order valence-corrected chi connectivity index (χ0v) is 16.4. The lowest BCUT2D eigenvalue weighted by Crippen LogP contribution is -2.05.